The van der Waals surface area contributed by atoms with Crippen molar-refractivity contribution in [1.29, 1.82) is 0 Å². The Bertz CT molecular complexity index is 251. The molecular weight excluding hydrogens is 264 g/mol. The molecule has 0 saturated carbocycles. The number of allylic oxidation sites excluding steroid dienone is 1. The van der Waals surface area contributed by atoms with E-state index in [0.29, 0.717) is 18.3 Å². The van der Waals surface area contributed by atoms with Gasteiger partial charge in [-0.1, -0.05) is 47.1 Å². The van der Waals surface area contributed by atoms with Gasteiger partial charge in [0.15, 0.2) is 0 Å². The molecule has 1 N–H and O–H groups in total. The first-order valence-corrected chi connectivity index (χ1v) is 8.59. The molecule has 0 rings (SSSR count). The van der Waals surface area contributed by atoms with Gasteiger partial charge in [-0.3, -0.25) is 0 Å². The summed E-state index contributed by atoms with van der Waals surface area (Å²) in [6, 6.07) is 0. The van der Waals surface area contributed by atoms with Crippen LogP contribution >= 0.6 is 0 Å². The van der Waals surface area contributed by atoms with Gasteiger partial charge in [0.05, 0.1) is 18.5 Å². The van der Waals surface area contributed by atoms with Gasteiger partial charge >= 0.3 is 0 Å². The van der Waals surface area contributed by atoms with Crippen LogP contribution in [0, 0.1) is 11.8 Å². The smallest absolute Gasteiger partial charge is 0.0884 e. The highest BCUT2D eigenvalue weighted by molar-refractivity contribution is 4.90. The van der Waals surface area contributed by atoms with Gasteiger partial charge in [-0.2, -0.15) is 0 Å². The van der Waals surface area contributed by atoms with Crippen LogP contribution in [0.1, 0.15) is 66.2 Å². The second-order valence-corrected chi connectivity index (χ2v) is 6.19. The molecule has 0 aliphatic heterocycles. The Labute approximate surface area is 131 Å². The maximum Gasteiger partial charge on any atom is 0.0884 e. The van der Waals surface area contributed by atoms with Gasteiger partial charge < -0.3 is 14.6 Å². The van der Waals surface area contributed by atoms with Gasteiger partial charge in [0.25, 0.3) is 0 Å². The fourth-order valence-corrected chi connectivity index (χ4v) is 2.32. The maximum absolute atomic E-state index is 9.69. The van der Waals surface area contributed by atoms with E-state index in [1.165, 1.54) is 0 Å². The lowest BCUT2D eigenvalue weighted by Gasteiger charge is -2.23. The molecular formula is C18H36O3. The van der Waals surface area contributed by atoms with E-state index in [1.807, 2.05) is 0 Å². The maximum atomic E-state index is 9.69. The summed E-state index contributed by atoms with van der Waals surface area (Å²) in [4.78, 5) is 0. The van der Waals surface area contributed by atoms with Crippen LogP contribution in [0.3, 0.4) is 0 Å². The van der Waals surface area contributed by atoms with Crippen LogP contribution in [-0.4, -0.2) is 31.0 Å². The summed E-state index contributed by atoms with van der Waals surface area (Å²) in [6.07, 6.45) is 6.44. The van der Waals surface area contributed by atoms with Crippen LogP contribution in [0.4, 0.5) is 0 Å². The van der Waals surface area contributed by atoms with E-state index < -0.39 is 0 Å². The number of aliphatic hydroxyl groups is 1. The van der Waals surface area contributed by atoms with Crippen molar-refractivity contribution in [1.82, 2.24) is 0 Å². The Morgan fingerprint density at radius 2 is 1.67 bits per heavy atom. The second kappa shape index (κ2) is 13.1. The van der Waals surface area contributed by atoms with Crippen molar-refractivity contribution in [2.24, 2.45) is 11.8 Å². The van der Waals surface area contributed by atoms with Gasteiger partial charge in [-0.15, -0.1) is 0 Å². The minimum Gasteiger partial charge on any atom is -0.513 e. The van der Waals surface area contributed by atoms with Gasteiger partial charge in [-0.25, -0.2) is 0 Å². The summed E-state index contributed by atoms with van der Waals surface area (Å²) in [5.74, 6) is 0.849. The Morgan fingerprint density at radius 3 is 2.19 bits per heavy atom. The average Bonchev–Trinajstić information content (AvgIpc) is 2.42. The van der Waals surface area contributed by atoms with Crippen molar-refractivity contribution in [3.05, 3.63) is 12.3 Å². The molecule has 0 saturated heterocycles. The molecule has 0 radical (unpaired) electrons. The zero-order valence-corrected chi connectivity index (χ0v) is 14.6. The standard InChI is InChI=1S/C18H36O3/c1-6-8-12-20-14-17(21-13-9-7-2)10-11-18(15(3)4)16(5)19/h15,17-19H,5-14H2,1-4H3/t17-,18-/m0/s1. The summed E-state index contributed by atoms with van der Waals surface area (Å²) in [5.41, 5.74) is 0. The number of unbranched alkanes of at least 4 members (excludes halogenated alkanes) is 2. The third-order valence-electron chi connectivity index (χ3n) is 3.83. The van der Waals surface area contributed by atoms with Crippen molar-refractivity contribution in [3.8, 4) is 0 Å². The zero-order valence-electron chi connectivity index (χ0n) is 14.6. The van der Waals surface area contributed by atoms with Crippen LogP contribution in [0.5, 0.6) is 0 Å². The van der Waals surface area contributed by atoms with Crippen molar-refractivity contribution >= 4 is 0 Å². The molecule has 0 aliphatic carbocycles. The lowest BCUT2D eigenvalue weighted by Crippen LogP contribution is -2.23. The molecule has 3 nitrogen and oxygen atoms in total. The van der Waals surface area contributed by atoms with Crippen molar-refractivity contribution < 1.29 is 14.6 Å². The third-order valence-corrected chi connectivity index (χ3v) is 3.83. The van der Waals surface area contributed by atoms with Gasteiger partial charge in [0.2, 0.25) is 0 Å². The molecule has 2 atom stereocenters. The van der Waals surface area contributed by atoms with E-state index in [4.69, 9.17) is 9.47 Å². The number of hydrogen-bond acceptors (Lipinski definition) is 3. The predicted molar refractivity (Wildman–Crippen MR) is 89.7 cm³/mol. The summed E-state index contributed by atoms with van der Waals surface area (Å²) in [6.45, 7) is 14.5. The van der Waals surface area contributed by atoms with E-state index in [0.717, 1.165) is 51.7 Å². The molecule has 0 heterocycles. The molecule has 0 aliphatic rings. The largest absolute Gasteiger partial charge is 0.513 e. The molecule has 0 bridgehead atoms. The van der Waals surface area contributed by atoms with Crippen molar-refractivity contribution in [3.63, 3.8) is 0 Å². The number of aliphatic hydroxyl groups excluding tert-OH is 1. The first kappa shape index (κ1) is 20.5. The van der Waals surface area contributed by atoms with Crippen molar-refractivity contribution in [2.45, 2.75) is 72.3 Å². The monoisotopic (exact) mass is 300 g/mol. The van der Waals surface area contributed by atoms with E-state index >= 15 is 0 Å². The van der Waals surface area contributed by atoms with Crippen LogP contribution < -0.4 is 0 Å². The highest BCUT2D eigenvalue weighted by Crippen LogP contribution is 2.24. The molecule has 3 heteroatoms. The molecule has 0 fully saturated rings. The fraction of sp³-hybridized carbons (Fsp3) is 0.889. The Kier molecular flexibility index (Phi) is 12.8. The van der Waals surface area contributed by atoms with Crippen LogP contribution in [0.2, 0.25) is 0 Å². The SMILES string of the molecule is C=C(O)[C@@H](CC[C@@H](COCCCC)OCCCC)C(C)C. The second-order valence-electron chi connectivity index (χ2n) is 6.19. The third kappa shape index (κ3) is 10.8. The fourth-order valence-electron chi connectivity index (χ4n) is 2.32. The summed E-state index contributed by atoms with van der Waals surface area (Å²) in [7, 11) is 0. The van der Waals surface area contributed by atoms with Gasteiger partial charge in [-0.05, 0) is 31.6 Å². The first-order chi connectivity index (χ1) is 10.0. The van der Waals surface area contributed by atoms with Crippen LogP contribution in [-0.2, 0) is 9.47 Å². The molecule has 0 aromatic carbocycles. The van der Waals surface area contributed by atoms with E-state index in [-0.39, 0.29) is 12.0 Å². The Balaban J connectivity index is 4.19. The molecule has 126 valence electrons. The number of hydrogen-bond donors (Lipinski definition) is 1. The molecule has 0 aromatic rings. The predicted octanol–water partition coefficient (Wildman–Crippen LogP) is 5.11. The molecule has 0 spiro atoms. The minimum atomic E-state index is 0.133. The van der Waals surface area contributed by atoms with E-state index in [9.17, 15) is 5.11 Å². The molecule has 0 unspecified atom stereocenters. The topological polar surface area (TPSA) is 38.7 Å². The lowest BCUT2D eigenvalue weighted by molar-refractivity contribution is -0.0252. The quantitative estimate of drug-likeness (QED) is 0.358. The summed E-state index contributed by atoms with van der Waals surface area (Å²) in [5, 5.41) is 9.69. The van der Waals surface area contributed by atoms with Crippen LogP contribution in [0.15, 0.2) is 12.3 Å². The number of ether oxygens (including phenoxy) is 2. The van der Waals surface area contributed by atoms with Gasteiger partial charge in [0.1, 0.15) is 0 Å². The van der Waals surface area contributed by atoms with E-state index in [1.54, 1.807) is 0 Å². The van der Waals surface area contributed by atoms with Gasteiger partial charge in [0, 0.05) is 19.1 Å². The Hall–Kier alpha value is -0.540. The number of rotatable bonds is 14. The summed E-state index contributed by atoms with van der Waals surface area (Å²) < 4.78 is 11.6. The molecule has 21 heavy (non-hydrogen) atoms. The van der Waals surface area contributed by atoms with Crippen LogP contribution in [0.25, 0.3) is 0 Å². The minimum absolute atomic E-state index is 0.133. The highest BCUT2D eigenvalue weighted by atomic mass is 16.5. The normalized spacial score (nSPS) is 14.3. The van der Waals surface area contributed by atoms with E-state index in [2.05, 4.69) is 34.3 Å². The lowest BCUT2D eigenvalue weighted by atomic mass is 9.89. The zero-order chi connectivity index (χ0) is 16.1. The highest BCUT2D eigenvalue weighted by Gasteiger charge is 2.19. The Morgan fingerprint density at radius 1 is 1.05 bits per heavy atom. The molecule has 0 aromatic heterocycles. The average molecular weight is 300 g/mol. The molecule has 0 amide bonds. The van der Waals surface area contributed by atoms with Crippen molar-refractivity contribution in [2.75, 3.05) is 19.8 Å². The summed E-state index contributed by atoms with van der Waals surface area (Å²) >= 11 is 0. The first-order valence-electron chi connectivity index (χ1n) is 8.59.